The van der Waals surface area contributed by atoms with E-state index in [1.165, 1.54) is 11.3 Å². The molecule has 2 aliphatic carbocycles. The number of fused-ring (bicyclic) bond motifs is 1. The zero-order valence-corrected chi connectivity index (χ0v) is 18.7. The van der Waals surface area contributed by atoms with Gasteiger partial charge in [0, 0.05) is 55.3 Å². The lowest BCUT2D eigenvalue weighted by atomic mass is 9.91. The predicted octanol–water partition coefficient (Wildman–Crippen LogP) is 4.47. The minimum atomic E-state index is -2.67. The Morgan fingerprint density at radius 1 is 1.34 bits per heavy atom. The lowest BCUT2D eigenvalue weighted by Crippen LogP contribution is -2.45. The number of halogens is 2. The number of hydrogen-bond acceptors (Lipinski definition) is 4. The van der Waals surface area contributed by atoms with Gasteiger partial charge in [0.2, 0.25) is 5.92 Å². The Hall–Kier alpha value is -2.77. The minimum absolute atomic E-state index is 0.0167. The molecule has 1 fully saturated rings. The molecule has 2 N–H and O–H groups in total. The van der Waals surface area contributed by atoms with Crippen LogP contribution in [0.25, 0.3) is 0 Å². The summed E-state index contributed by atoms with van der Waals surface area (Å²) in [4.78, 5) is 20.0. The molecule has 2 aromatic rings. The van der Waals surface area contributed by atoms with Gasteiger partial charge >= 0.3 is 0 Å². The van der Waals surface area contributed by atoms with E-state index in [4.69, 9.17) is 0 Å². The summed E-state index contributed by atoms with van der Waals surface area (Å²) in [5, 5.41) is 10.5. The van der Waals surface area contributed by atoms with Crippen molar-refractivity contribution in [3.05, 3.63) is 46.8 Å². The molecule has 172 valence electrons. The number of aryl methyl sites for hydroxylation is 1. The zero-order chi connectivity index (χ0) is 22.7. The molecule has 32 heavy (non-hydrogen) atoms. The van der Waals surface area contributed by atoms with E-state index in [-0.39, 0.29) is 24.4 Å². The standard InChI is InChI=1S/C24H31F2N5O/c1-24(25,26)11-4-12-28-22-6-3-5-19(20(22)15-27-2)23(32)31(17-7-8-17)18-9-10-21-16(13-18)14-29-30-21/h3,5-6,14-15,17-18,28H,4,7-13H2,1-2H3,(H,29,30). The number of carbonyl (C=O) groups excluding carboxylic acids is 1. The van der Waals surface area contributed by atoms with Gasteiger partial charge in [-0.15, -0.1) is 0 Å². The number of anilines is 1. The van der Waals surface area contributed by atoms with Gasteiger partial charge in [-0.3, -0.25) is 14.9 Å². The first-order chi connectivity index (χ1) is 15.4. The average Bonchev–Trinajstić information content (AvgIpc) is 3.47. The Morgan fingerprint density at radius 2 is 2.16 bits per heavy atom. The number of alkyl halides is 2. The van der Waals surface area contributed by atoms with Gasteiger partial charge in [-0.2, -0.15) is 5.10 Å². The smallest absolute Gasteiger partial charge is 0.255 e. The Balaban J connectivity index is 1.55. The van der Waals surface area contributed by atoms with Crippen molar-refractivity contribution < 1.29 is 13.6 Å². The van der Waals surface area contributed by atoms with Crippen molar-refractivity contribution in [3.63, 3.8) is 0 Å². The second kappa shape index (κ2) is 9.38. The molecule has 1 unspecified atom stereocenters. The molecule has 1 heterocycles. The molecule has 0 aliphatic heterocycles. The van der Waals surface area contributed by atoms with Crippen LogP contribution < -0.4 is 5.32 Å². The third-order valence-corrected chi connectivity index (χ3v) is 6.26. The molecular formula is C24H31F2N5O. The van der Waals surface area contributed by atoms with Crippen LogP contribution in [0.3, 0.4) is 0 Å². The highest BCUT2D eigenvalue weighted by molar-refractivity contribution is 6.05. The highest BCUT2D eigenvalue weighted by atomic mass is 19.3. The molecule has 0 radical (unpaired) electrons. The second-order valence-electron chi connectivity index (χ2n) is 8.97. The fourth-order valence-electron chi connectivity index (χ4n) is 4.55. The molecule has 1 aromatic carbocycles. The number of aromatic nitrogens is 2. The predicted molar refractivity (Wildman–Crippen MR) is 122 cm³/mol. The van der Waals surface area contributed by atoms with E-state index >= 15 is 0 Å². The van der Waals surface area contributed by atoms with Crippen molar-refractivity contribution in [2.45, 2.75) is 69.9 Å². The van der Waals surface area contributed by atoms with Gasteiger partial charge in [-0.05, 0) is 63.1 Å². The quantitative estimate of drug-likeness (QED) is 0.444. The van der Waals surface area contributed by atoms with Crippen LogP contribution >= 0.6 is 0 Å². The molecule has 8 heteroatoms. The van der Waals surface area contributed by atoms with Crippen molar-refractivity contribution in [1.82, 2.24) is 15.1 Å². The molecule has 0 bridgehead atoms. The average molecular weight is 444 g/mol. The van der Waals surface area contributed by atoms with Crippen molar-refractivity contribution >= 4 is 17.8 Å². The molecule has 1 saturated carbocycles. The first-order valence-electron chi connectivity index (χ1n) is 11.4. The number of hydrogen-bond donors (Lipinski definition) is 2. The summed E-state index contributed by atoms with van der Waals surface area (Å²) in [6, 6.07) is 5.98. The van der Waals surface area contributed by atoms with E-state index in [9.17, 15) is 13.6 Å². The number of nitrogens with zero attached hydrogens (tertiary/aromatic N) is 3. The van der Waals surface area contributed by atoms with E-state index in [2.05, 4.69) is 25.4 Å². The topological polar surface area (TPSA) is 73.4 Å². The maximum atomic E-state index is 13.8. The summed E-state index contributed by atoms with van der Waals surface area (Å²) < 4.78 is 26.3. The van der Waals surface area contributed by atoms with Crippen LogP contribution in [0, 0.1) is 0 Å². The van der Waals surface area contributed by atoms with Crippen molar-refractivity contribution in [2.24, 2.45) is 4.99 Å². The van der Waals surface area contributed by atoms with Crippen molar-refractivity contribution in [2.75, 3.05) is 18.9 Å². The van der Waals surface area contributed by atoms with Crippen LogP contribution in [-0.4, -0.2) is 58.8 Å². The fraction of sp³-hybridized carbons (Fsp3) is 0.542. The number of rotatable bonds is 9. The van der Waals surface area contributed by atoms with Crippen molar-refractivity contribution in [1.29, 1.82) is 0 Å². The number of aromatic amines is 1. The third kappa shape index (κ3) is 5.16. The zero-order valence-electron chi connectivity index (χ0n) is 18.7. The van der Waals surface area contributed by atoms with Gasteiger partial charge in [0.1, 0.15) is 0 Å². The lowest BCUT2D eigenvalue weighted by molar-refractivity contribution is 0.0119. The van der Waals surface area contributed by atoms with Gasteiger partial charge < -0.3 is 10.2 Å². The monoisotopic (exact) mass is 443 g/mol. The molecule has 0 spiro atoms. The molecule has 0 saturated heterocycles. The van der Waals surface area contributed by atoms with Crippen LogP contribution in [0.5, 0.6) is 0 Å². The van der Waals surface area contributed by atoms with Crippen LogP contribution in [0.1, 0.15) is 66.2 Å². The maximum absolute atomic E-state index is 13.8. The fourth-order valence-corrected chi connectivity index (χ4v) is 4.55. The molecule has 6 nitrogen and oxygen atoms in total. The van der Waals surface area contributed by atoms with E-state index in [1.807, 2.05) is 24.4 Å². The molecule has 1 aromatic heterocycles. The number of aliphatic imine (C=N–C) groups is 1. The Bertz CT molecular complexity index is 977. The first kappa shape index (κ1) is 22.4. The summed E-state index contributed by atoms with van der Waals surface area (Å²) in [5.41, 5.74) is 4.43. The Kier molecular flexibility index (Phi) is 6.58. The van der Waals surface area contributed by atoms with E-state index in [0.29, 0.717) is 24.1 Å². The highest BCUT2D eigenvalue weighted by Crippen LogP contribution is 2.35. The molecular weight excluding hydrogens is 412 g/mol. The Morgan fingerprint density at radius 3 is 2.88 bits per heavy atom. The summed E-state index contributed by atoms with van der Waals surface area (Å²) in [6.45, 7) is 1.34. The number of amides is 1. The number of H-pyrrole nitrogens is 1. The SMILES string of the molecule is CN=Cc1c(NCCCC(C)(F)F)cccc1C(=O)N(C1CC1)C1CCc2[nH]ncc2C1. The largest absolute Gasteiger partial charge is 0.384 e. The first-order valence-corrected chi connectivity index (χ1v) is 11.4. The minimum Gasteiger partial charge on any atom is -0.384 e. The summed E-state index contributed by atoms with van der Waals surface area (Å²) in [7, 11) is 1.67. The molecule has 1 amide bonds. The molecule has 1 atom stereocenters. The third-order valence-electron chi connectivity index (χ3n) is 6.26. The number of benzene rings is 1. The van der Waals surface area contributed by atoms with Gasteiger partial charge in [0.15, 0.2) is 0 Å². The van der Waals surface area contributed by atoms with Crippen LogP contribution in [0.15, 0.2) is 29.4 Å². The van der Waals surface area contributed by atoms with Crippen LogP contribution in [0.4, 0.5) is 14.5 Å². The summed E-state index contributed by atoms with van der Waals surface area (Å²) in [6.07, 6.45) is 8.40. The van der Waals surface area contributed by atoms with Crippen LogP contribution in [0.2, 0.25) is 0 Å². The van der Waals surface area contributed by atoms with E-state index < -0.39 is 5.92 Å². The maximum Gasteiger partial charge on any atom is 0.255 e. The van der Waals surface area contributed by atoms with E-state index in [1.54, 1.807) is 13.3 Å². The summed E-state index contributed by atoms with van der Waals surface area (Å²) in [5.74, 6) is -2.66. The van der Waals surface area contributed by atoms with E-state index in [0.717, 1.165) is 44.7 Å². The summed E-state index contributed by atoms with van der Waals surface area (Å²) >= 11 is 0. The Labute approximate surface area is 187 Å². The van der Waals surface area contributed by atoms with Gasteiger partial charge in [-0.25, -0.2) is 8.78 Å². The lowest BCUT2D eigenvalue weighted by Gasteiger charge is -2.35. The van der Waals surface area contributed by atoms with Gasteiger partial charge in [-0.1, -0.05) is 6.07 Å². The molecule has 2 aliphatic rings. The van der Waals surface area contributed by atoms with Gasteiger partial charge in [0.05, 0.1) is 11.8 Å². The van der Waals surface area contributed by atoms with Crippen LogP contribution in [-0.2, 0) is 12.8 Å². The van der Waals surface area contributed by atoms with Gasteiger partial charge in [0.25, 0.3) is 5.91 Å². The number of nitrogens with one attached hydrogen (secondary N) is 2. The van der Waals surface area contributed by atoms with Crippen molar-refractivity contribution in [3.8, 4) is 0 Å². The molecule has 4 rings (SSSR count). The number of carbonyl (C=O) groups is 1. The highest BCUT2D eigenvalue weighted by Gasteiger charge is 2.39. The normalized spacial score (nSPS) is 18.6. The second-order valence-corrected chi connectivity index (χ2v) is 8.97.